The van der Waals surface area contributed by atoms with Gasteiger partial charge in [-0.15, -0.1) is 0 Å². The van der Waals surface area contributed by atoms with Gasteiger partial charge in [-0.1, -0.05) is 18.2 Å². The molecule has 29 heavy (non-hydrogen) atoms. The van der Waals surface area contributed by atoms with Crippen molar-refractivity contribution in [1.82, 2.24) is 9.78 Å². The van der Waals surface area contributed by atoms with Crippen molar-refractivity contribution in [2.24, 2.45) is 0 Å². The number of nitrogens with zero attached hydrogens (tertiary/aromatic N) is 3. The van der Waals surface area contributed by atoms with E-state index in [1.807, 2.05) is 0 Å². The average Bonchev–Trinajstić information content (AvgIpc) is 2.68. The number of carbonyl (C=O) groups is 1. The highest BCUT2D eigenvalue weighted by atomic mass is 19.4. The van der Waals surface area contributed by atoms with Crippen LogP contribution < -0.4 is 15.8 Å². The summed E-state index contributed by atoms with van der Waals surface area (Å²) in [5.41, 5.74) is -0.617. The zero-order valence-electron chi connectivity index (χ0n) is 15.6. The molecule has 9 heteroatoms. The van der Waals surface area contributed by atoms with Crippen molar-refractivity contribution < 1.29 is 18.0 Å². The molecule has 0 aliphatic heterocycles. The molecular formula is C20H17F3N4O2. The van der Waals surface area contributed by atoms with E-state index in [1.165, 1.54) is 18.2 Å². The van der Waals surface area contributed by atoms with E-state index in [1.54, 1.807) is 49.3 Å². The minimum Gasteiger partial charge on any atom is -0.376 e. The van der Waals surface area contributed by atoms with Crippen molar-refractivity contribution in [1.29, 1.82) is 0 Å². The first-order chi connectivity index (χ1) is 13.7. The summed E-state index contributed by atoms with van der Waals surface area (Å²) < 4.78 is 40.3. The van der Waals surface area contributed by atoms with E-state index in [-0.39, 0.29) is 11.4 Å². The number of benzene rings is 2. The monoisotopic (exact) mass is 402 g/mol. The number of halogens is 3. The molecule has 1 heterocycles. The van der Waals surface area contributed by atoms with Gasteiger partial charge in [0.2, 0.25) is 0 Å². The quantitative estimate of drug-likeness (QED) is 0.725. The van der Waals surface area contributed by atoms with Crippen molar-refractivity contribution >= 4 is 17.3 Å². The topological polar surface area (TPSA) is 67.2 Å². The van der Waals surface area contributed by atoms with E-state index in [2.05, 4.69) is 10.4 Å². The minimum absolute atomic E-state index is 0.0194. The van der Waals surface area contributed by atoms with Gasteiger partial charge < -0.3 is 10.2 Å². The van der Waals surface area contributed by atoms with E-state index < -0.39 is 23.2 Å². The van der Waals surface area contributed by atoms with Crippen LogP contribution in [0.3, 0.4) is 0 Å². The summed E-state index contributed by atoms with van der Waals surface area (Å²) in [5.74, 6) is -0.739. The van der Waals surface area contributed by atoms with Crippen molar-refractivity contribution in [3.8, 4) is 5.69 Å². The molecule has 0 aliphatic carbocycles. The van der Waals surface area contributed by atoms with E-state index in [4.69, 9.17) is 0 Å². The van der Waals surface area contributed by atoms with E-state index >= 15 is 0 Å². The highest BCUT2D eigenvalue weighted by Gasteiger charge is 2.31. The molecule has 3 rings (SSSR count). The lowest BCUT2D eigenvalue weighted by atomic mass is 10.1. The first-order valence-corrected chi connectivity index (χ1v) is 8.52. The van der Waals surface area contributed by atoms with Gasteiger partial charge in [-0.05, 0) is 36.4 Å². The molecule has 0 bridgehead atoms. The number of alkyl halides is 3. The molecule has 1 aromatic heterocycles. The van der Waals surface area contributed by atoms with Gasteiger partial charge in [0.25, 0.3) is 11.5 Å². The van der Waals surface area contributed by atoms with Crippen LogP contribution in [0, 0.1) is 0 Å². The fourth-order valence-corrected chi connectivity index (χ4v) is 2.68. The molecule has 150 valence electrons. The largest absolute Gasteiger partial charge is 0.416 e. The van der Waals surface area contributed by atoms with Gasteiger partial charge in [-0.25, -0.2) is 0 Å². The molecule has 1 amide bonds. The molecule has 0 fully saturated rings. The predicted octanol–water partition coefficient (Wildman–Crippen LogP) is 3.57. The number of rotatable bonds is 4. The first-order valence-electron chi connectivity index (χ1n) is 8.52. The summed E-state index contributed by atoms with van der Waals surface area (Å²) in [6.07, 6.45) is -4.55. The minimum atomic E-state index is -4.55. The molecule has 2 aromatic carbocycles. The Bertz CT molecular complexity index is 1090. The Hall–Kier alpha value is -3.62. The lowest BCUT2D eigenvalue weighted by Crippen LogP contribution is -2.25. The summed E-state index contributed by atoms with van der Waals surface area (Å²) >= 11 is 0. The lowest BCUT2D eigenvalue weighted by Gasteiger charge is -2.19. The standard InChI is InChI=1S/C20H17F3N4O2/c1-26(2)17-10-8-13(20(21,22)23)12-16(17)24-19(29)15-9-11-18(28)27(25-15)14-6-4-3-5-7-14/h3-12H,1-2H3,(H,24,29). The maximum absolute atomic E-state index is 13.1. The van der Waals surface area contributed by atoms with Crippen LogP contribution >= 0.6 is 0 Å². The molecule has 0 saturated carbocycles. The second kappa shape index (κ2) is 7.78. The van der Waals surface area contributed by atoms with Crippen molar-refractivity contribution in [2.75, 3.05) is 24.3 Å². The molecule has 0 unspecified atom stereocenters. The zero-order chi connectivity index (χ0) is 21.2. The van der Waals surface area contributed by atoms with Gasteiger partial charge in [0, 0.05) is 20.2 Å². The smallest absolute Gasteiger partial charge is 0.376 e. The van der Waals surface area contributed by atoms with Crippen molar-refractivity contribution in [3.05, 3.63) is 82.3 Å². The number of para-hydroxylation sites is 1. The van der Waals surface area contributed by atoms with Gasteiger partial charge in [-0.3, -0.25) is 9.59 Å². The Kier molecular flexibility index (Phi) is 5.40. The summed E-state index contributed by atoms with van der Waals surface area (Å²) in [6, 6.07) is 14.0. The maximum atomic E-state index is 13.1. The Morgan fingerprint density at radius 1 is 1.03 bits per heavy atom. The number of hydrogen-bond donors (Lipinski definition) is 1. The van der Waals surface area contributed by atoms with E-state index in [9.17, 15) is 22.8 Å². The number of hydrogen-bond acceptors (Lipinski definition) is 4. The van der Waals surface area contributed by atoms with Crippen LogP contribution in [0.4, 0.5) is 24.5 Å². The van der Waals surface area contributed by atoms with E-state index in [0.717, 1.165) is 16.8 Å². The molecule has 6 nitrogen and oxygen atoms in total. The summed E-state index contributed by atoms with van der Waals surface area (Å²) in [7, 11) is 3.29. The molecule has 0 atom stereocenters. The maximum Gasteiger partial charge on any atom is 0.416 e. The number of aromatic nitrogens is 2. The Morgan fingerprint density at radius 2 is 1.72 bits per heavy atom. The Morgan fingerprint density at radius 3 is 2.34 bits per heavy atom. The SMILES string of the molecule is CN(C)c1ccc(C(F)(F)F)cc1NC(=O)c1ccc(=O)n(-c2ccccc2)n1. The predicted molar refractivity (Wildman–Crippen MR) is 104 cm³/mol. The fourth-order valence-electron chi connectivity index (χ4n) is 2.68. The van der Waals surface area contributed by atoms with Gasteiger partial charge in [0.05, 0.1) is 22.6 Å². The number of carbonyl (C=O) groups excluding carboxylic acids is 1. The first kappa shape index (κ1) is 20.1. The molecule has 0 radical (unpaired) electrons. The molecule has 0 saturated heterocycles. The lowest BCUT2D eigenvalue weighted by molar-refractivity contribution is -0.137. The van der Waals surface area contributed by atoms with Crippen LogP contribution in [-0.4, -0.2) is 29.8 Å². The van der Waals surface area contributed by atoms with Crippen LogP contribution in [0.25, 0.3) is 5.69 Å². The third kappa shape index (κ3) is 4.45. The van der Waals surface area contributed by atoms with E-state index in [0.29, 0.717) is 11.4 Å². The van der Waals surface area contributed by atoms with Gasteiger partial charge >= 0.3 is 6.18 Å². The van der Waals surface area contributed by atoms with Crippen LogP contribution in [-0.2, 0) is 6.18 Å². The van der Waals surface area contributed by atoms with Crippen LogP contribution in [0.2, 0.25) is 0 Å². The second-order valence-corrected chi connectivity index (χ2v) is 6.38. The molecule has 1 N–H and O–H groups in total. The second-order valence-electron chi connectivity index (χ2n) is 6.38. The van der Waals surface area contributed by atoms with Crippen LogP contribution in [0.5, 0.6) is 0 Å². The summed E-state index contributed by atoms with van der Waals surface area (Å²) in [5, 5.41) is 6.50. The fraction of sp³-hybridized carbons (Fsp3) is 0.150. The van der Waals surface area contributed by atoms with Crippen molar-refractivity contribution in [3.63, 3.8) is 0 Å². The number of anilines is 2. The average molecular weight is 402 g/mol. The Balaban J connectivity index is 1.98. The molecule has 0 spiro atoms. The van der Waals surface area contributed by atoms with Gasteiger partial charge in [0.1, 0.15) is 5.69 Å². The number of amides is 1. The number of nitrogens with one attached hydrogen (secondary N) is 1. The zero-order valence-corrected chi connectivity index (χ0v) is 15.6. The molecule has 3 aromatic rings. The van der Waals surface area contributed by atoms with Gasteiger partial charge in [0.15, 0.2) is 0 Å². The van der Waals surface area contributed by atoms with Crippen LogP contribution in [0.1, 0.15) is 16.1 Å². The van der Waals surface area contributed by atoms with Crippen molar-refractivity contribution in [2.45, 2.75) is 6.18 Å². The van der Waals surface area contributed by atoms with Crippen LogP contribution in [0.15, 0.2) is 65.5 Å². The Labute approximate surface area is 164 Å². The summed E-state index contributed by atoms with van der Waals surface area (Å²) in [4.78, 5) is 26.3. The van der Waals surface area contributed by atoms with Gasteiger partial charge in [-0.2, -0.15) is 23.0 Å². The molecule has 0 aliphatic rings. The highest BCUT2D eigenvalue weighted by molar-refractivity contribution is 6.04. The third-order valence-electron chi connectivity index (χ3n) is 4.09. The normalized spacial score (nSPS) is 11.2. The highest BCUT2D eigenvalue weighted by Crippen LogP contribution is 2.35. The third-order valence-corrected chi connectivity index (χ3v) is 4.09. The summed E-state index contributed by atoms with van der Waals surface area (Å²) in [6.45, 7) is 0. The molecular weight excluding hydrogens is 385 g/mol.